The molecule has 188 valence electrons. The summed E-state index contributed by atoms with van der Waals surface area (Å²) in [6.45, 7) is 3.77. The van der Waals surface area contributed by atoms with Crippen LogP contribution in [0.3, 0.4) is 0 Å². The minimum absolute atomic E-state index is 0.281. The summed E-state index contributed by atoms with van der Waals surface area (Å²) in [5.41, 5.74) is 2.50. The molecule has 3 aromatic rings. The van der Waals surface area contributed by atoms with Crippen molar-refractivity contribution in [1.29, 1.82) is 0 Å². The van der Waals surface area contributed by atoms with E-state index >= 15 is 0 Å². The summed E-state index contributed by atoms with van der Waals surface area (Å²) in [7, 11) is 5.07. The predicted molar refractivity (Wildman–Crippen MR) is 143 cm³/mol. The fraction of sp³-hybridized carbons (Fsp3) is 0.333. The molecule has 0 amide bonds. The third kappa shape index (κ3) is 5.92. The highest BCUT2D eigenvalue weighted by Crippen LogP contribution is 2.61. The number of nitrogens with zero attached hydrogens (tertiary/aromatic N) is 1. The molecule has 0 saturated heterocycles. The van der Waals surface area contributed by atoms with Crippen LogP contribution in [0.25, 0.3) is 0 Å². The smallest absolute Gasteiger partial charge is 0.258 e. The molecule has 0 aromatic heterocycles. The molecule has 3 aromatic carbocycles. The first-order chi connectivity index (χ1) is 16.7. The van der Waals surface area contributed by atoms with Gasteiger partial charge in [0.1, 0.15) is 5.78 Å². The summed E-state index contributed by atoms with van der Waals surface area (Å²) in [5.74, 6) is 0.680. The van der Waals surface area contributed by atoms with Gasteiger partial charge in [0.05, 0.1) is 27.4 Å². The molecule has 35 heavy (non-hydrogen) atoms. The van der Waals surface area contributed by atoms with Crippen LogP contribution >= 0.6 is 7.37 Å². The topological polar surface area (TPSA) is 69.3 Å². The summed E-state index contributed by atoms with van der Waals surface area (Å²) in [6.07, 6.45) is -0.281. The van der Waals surface area contributed by atoms with Crippen LogP contribution in [0, 0.1) is 0 Å². The summed E-state index contributed by atoms with van der Waals surface area (Å²) in [6, 6.07) is 20.9. The number of nitrogens with one attached hydrogen (secondary N) is 1. The van der Waals surface area contributed by atoms with Crippen LogP contribution in [-0.2, 0) is 9.09 Å². The molecule has 0 aliphatic heterocycles. The first kappa shape index (κ1) is 26.5. The third-order valence-electron chi connectivity index (χ3n) is 5.51. The van der Waals surface area contributed by atoms with Gasteiger partial charge in [0.15, 0.2) is 11.5 Å². The van der Waals surface area contributed by atoms with E-state index in [1.54, 1.807) is 21.3 Å². The second-order valence-corrected chi connectivity index (χ2v) is 11.0. The maximum atomic E-state index is 15.0. The van der Waals surface area contributed by atoms with Crippen molar-refractivity contribution >= 4 is 24.0 Å². The van der Waals surface area contributed by atoms with Crippen molar-refractivity contribution in [2.24, 2.45) is 0 Å². The van der Waals surface area contributed by atoms with E-state index in [0.717, 1.165) is 11.4 Å². The van der Waals surface area contributed by atoms with E-state index in [-0.39, 0.29) is 6.10 Å². The van der Waals surface area contributed by atoms with Gasteiger partial charge < -0.3 is 29.0 Å². The van der Waals surface area contributed by atoms with Crippen LogP contribution in [-0.4, -0.2) is 41.5 Å². The molecule has 0 radical (unpaired) electrons. The molecule has 0 aliphatic rings. The van der Waals surface area contributed by atoms with Crippen LogP contribution in [0.15, 0.2) is 66.7 Å². The lowest BCUT2D eigenvalue weighted by atomic mass is 10.1. The molecule has 0 aliphatic carbocycles. The first-order valence-corrected chi connectivity index (χ1v) is 13.1. The number of hydrogen-bond donors (Lipinski definition) is 1. The molecule has 8 heteroatoms. The Bertz CT molecular complexity index is 1120. The SMILES string of the molecule is COc1cc([C@@H](Nc2ccccc2)[P@@](=O)(OC(C)C)c2ccc(N(C)C)cc2)cc(OC)c1OC. The lowest BCUT2D eigenvalue weighted by Gasteiger charge is -2.32. The zero-order valence-electron chi connectivity index (χ0n) is 21.4. The van der Waals surface area contributed by atoms with Crippen molar-refractivity contribution in [3.63, 3.8) is 0 Å². The van der Waals surface area contributed by atoms with Gasteiger partial charge in [-0.25, -0.2) is 0 Å². The Balaban J connectivity index is 2.25. The molecule has 0 unspecified atom stereocenters. The quantitative estimate of drug-likeness (QED) is 0.329. The third-order valence-corrected chi connectivity index (χ3v) is 8.37. The zero-order chi connectivity index (χ0) is 25.6. The largest absolute Gasteiger partial charge is 0.493 e. The first-order valence-electron chi connectivity index (χ1n) is 11.4. The van der Waals surface area contributed by atoms with Gasteiger partial charge >= 0.3 is 0 Å². The Morgan fingerprint density at radius 1 is 0.829 bits per heavy atom. The number of para-hydroxylation sites is 1. The van der Waals surface area contributed by atoms with Gasteiger partial charge in [0, 0.05) is 30.8 Å². The summed E-state index contributed by atoms with van der Waals surface area (Å²) in [5, 5.41) is 4.08. The lowest BCUT2D eigenvalue weighted by molar-refractivity contribution is 0.245. The summed E-state index contributed by atoms with van der Waals surface area (Å²) >= 11 is 0. The van der Waals surface area contributed by atoms with Crippen molar-refractivity contribution < 1.29 is 23.3 Å². The Morgan fingerprint density at radius 3 is 1.86 bits per heavy atom. The van der Waals surface area contributed by atoms with Crippen LogP contribution in [0.2, 0.25) is 0 Å². The minimum Gasteiger partial charge on any atom is -0.493 e. The molecule has 3 rings (SSSR count). The van der Waals surface area contributed by atoms with E-state index in [4.69, 9.17) is 18.7 Å². The van der Waals surface area contributed by atoms with Crippen molar-refractivity contribution in [2.45, 2.75) is 25.7 Å². The Labute approximate surface area is 208 Å². The van der Waals surface area contributed by atoms with E-state index < -0.39 is 13.2 Å². The molecule has 7 nitrogen and oxygen atoms in total. The number of methoxy groups -OCH3 is 3. The molecule has 0 bridgehead atoms. The highest BCUT2D eigenvalue weighted by atomic mass is 31.2. The lowest BCUT2D eigenvalue weighted by Crippen LogP contribution is -2.23. The Hall–Kier alpha value is -3.15. The van der Waals surface area contributed by atoms with Crippen molar-refractivity contribution in [3.05, 3.63) is 72.3 Å². The number of benzene rings is 3. The second kappa shape index (κ2) is 11.5. The van der Waals surface area contributed by atoms with Crippen LogP contribution in [0.5, 0.6) is 17.2 Å². The fourth-order valence-electron chi connectivity index (χ4n) is 3.86. The second-order valence-electron chi connectivity index (χ2n) is 8.53. The summed E-state index contributed by atoms with van der Waals surface area (Å²) < 4.78 is 37.9. The Morgan fingerprint density at radius 2 is 1.40 bits per heavy atom. The number of rotatable bonds is 11. The average molecular weight is 499 g/mol. The van der Waals surface area contributed by atoms with Gasteiger partial charge in [-0.05, 0) is 67.9 Å². The van der Waals surface area contributed by atoms with Gasteiger partial charge in [-0.3, -0.25) is 4.57 Å². The van der Waals surface area contributed by atoms with Crippen molar-refractivity contribution in [2.75, 3.05) is 45.6 Å². The molecule has 2 atom stereocenters. The van der Waals surface area contributed by atoms with Crippen LogP contribution in [0.4, 0.5) is 11.4 Å². The van der Waals surface area contributed by atoms with Gasteiger partial charge in [-0.2, -0.15) is 0 Å². The summed E-state index contributed by atoms with van der Waals surface area (Å²) in [4.78, 5) is 2.00. The van der Waals surface area contributed by atoms with Crippen molar-refractivity contribution in [3.8, 4) is 17.2 Å². The molecule has 0 fully saturated rings. The van der Waals surface area contributed by atoms with Crippen molar-refractivity contribution in [1.82, 2.24) is 0 Å². The van der Waals surface area contributed by atoms with E-state index in [1.807, 2.05) is 99.6 Å². The Kier molecular flexibility index (Phi) is 8.71. The molecule has 0 heterocycles. The van der Waals surface area contributed by atoms with Crippen LogP contribution in [0.1, 0.15) is 25.2 Å². The van der Waals surface area contributed by atoms with Gasteiger partial charge in [0.25, 0.3) is 7.37 Å². The normalized spacial score (nSPS) is 13.6. The minimum atomic E-state index is -3.54. The molecule has 0 spiro atoms. The van der Waals surface area contributed by atoms with Crippen LogP contribution < -0.4 is 29.7 Å². The highest BCUT2D eigenvalue weighted by molar-refractivity contribution is 7.67. The monoisotopic (exact) mass is 498 g/mol. The molecular weight excluding hydrogens is 463 g/mol. The van der Waals surface area contributed by atoms with Gasteiger partial charge in [-0.1, -0.05) is 18.2 Å². The maximum Gasteiger partial charge on any atom is 0.258 e. The zero-order valence-corrected chi connectivity index (χ0v) is 22.3. The standard InChI is InChI=1S/C27H35N2O5P/c1-19(2)34-35(30,23-15-13-22(14-16-23)29(3)4)27(28-21-11-9-8-10-12-21)20-17-24(31-5)26(33-7)25(18-20)32-6/h8-19,27-28H,1-7H3/t27-,35-/m0/s1. The van der Waals surface area contributed by atoms with Gasteiger partial charge in [0.2, 0.25) is 5.75 Å². The molecule has 0 saturated carbocycles. The predicted octanol–water partition coefficient (Wildman–Crippen LogP) is 5.92. The van der Waals surface area contributed by atoms with E-state index in [9.17, 15) is 4.57 Å². The molecule has 1 N–H and O–H groups in total. The average Bonchev–Trinajstić information content (AvgIpc) is 2.86. The van der Waals surface area contributed by atoms with Gasteiger partial charge in [-0.15, -0.1) is 0 Å². The van der Waals surface area contributed by atoms with E-state index in [2.05, 4.69) is 5.32 Å². The van der Waals surface area contributed by atoms with E-state index in [1.165, 1.54) is 0 Å². The number of ether oxygens (including phenoxy) is 3. The molecular formula is C27H35N2O5P. The maximum absolute atomic E-state index is 15.0. The fourth-order valence-corrected chi connectivity index (χ4v) is 6.45. The highest BCUT2D eigenvalue weighted by Gasteiger charge is 2.40. The number of anilines is 2. The number of hydrogen-bond acceptors (Lipinski definition) is 7. The van der Waals surface area contributed by atoms with E-state index in [0.29, 0.717) is 28.1 Å².